The molecule has 1 aromatic heterocycles. The van der Waals surface area contributed by atoms with Crippen molar-refractivity contribution in [1.82, 2.24) is 9.71 Å². The predicted molar refractivity (Wildman–Crippen MR) is 77.0 cm³/mol. The molecule has 112 valence electrons. The van der Waals surface area contributed by atoms with E-state index < -0.39 is 25.5 Å². The Kier molecular flexibility index (Phi) is 4.47. The topological polar surface area (TPSA) is 140 Å². The summed E-state index contributed by atoms with van der Waals surface area (Å²) in [5.74, 6) is 5.16. The van der Waals surface area contributed by atoms with E-state index in [0.29, 0.717) is 4.88 Å². The Hall–Kier alpha value is -2.08. The summed E-state index contributed by atoms with van der Waals surface area (Å²) >= 11 is 1.28. The first-order valence-electron chi connectivity index (χ1n) is 5.56. The number of hydrazine groups is 1. The van der Waals surface area contributed by atoms with Crippen LogP contribution in [0.1, 0.15) is 4.88 Å². The van der Waals surface area contributed by atoms with Crippen LogP contribution in [0.2, 0.25) is 0 Å². The van der Waals surface area contributed by atoms with Gasteiger partial charge in [-0.3, -0.25) is 20.9 Å². The quantitative estimate of drug-likeness (QED) is 0.404. The third-order valence-corrected chi connectivity index (χ3v) is 4.76. The SMILES string of the molecule is NNc1ccc(S(=O)(=O)NCc2cncs2)c([N+](=O)[O-])c1. The zero-order valence-corrected chi connectivity index (χ0v) is 12.1. The molecule has 0 atom stereocenters. The third-order valence-electron chi connectivity index (χ3n) is 2.53. The monoisotopic (exact) mass is 329 g/mol. The number of hydrogen-bond acceptors (Lipinski definition) is 8. The van der Waals surface area contributed by atoms with Crippen molar-refractivity contribution in [3.05, 3.63) is 44.9 Å². The van der Waals surface area contributed by atoms with E-state index >= 15 is 0 Å². The number of hydrogen-bond donors (Lipinski definition) is 3. The van der Waals surface area contributed by atoms with Gasteiger partial charge in [0.1, 0.15) is 0 Å². The minimum atomic E-state index is -4.02. The van der Waals surface area contributed by atoms with Gasteiger partial charge in [-0.05, 0) is 12.1 Å². The predicted octanol–water partition coefficient (Wildman–Crippen LogP) is 0.815. The molecule has 0 saturated carbocycles. The zero-order valence-electron chi connectivity index (χ0n) is 10.5. The Bertz CT molecular complexity index is 745. The number of sulfonamides is 1. The second-order valence-corrected chi connectivity index (χ2v) is 6.58. The molecule has 0 saturated heterocycles. The molecule has 0 fully saturated rings. The molecule has 0 bridgehead atoms. The van der Waals surface area contributed by atoms with E-state index in [9.17, 15) is 18.5 Å². The first-order chi connectivity index (χ1) is 9.94. The van der Waals surface area contributed by atoms with E-state index in [2.05, 4.69) is 15.1 Å². The molecule has 0 aliphatic heterocycles. The molecule has 0 unspecified atom stereocenters. The molecule has 9 nitrogen and oxygen atoms in total. The minimum absolute atomic E-state index is 0.0149. The van der Waals surface area contributed by atoms with Gasteiger partial charge in [0, 0.05) is 23.7 Å². The molecule has 0 spiro atoms. The minimum Gasteiger partial charge on any atom is -0.324 e. The van der Waals surface area contributed by atoms with E-state index in [1.165, 1.54) is 23.6 Å². The summed E-state index contributed by atoms with van der Waals surface area (Å²) in [6, 6.07) is 3.53. The van der Waals surface area contributed by atoms with E-state index in [-0.39, 0.29) is 12.2 Å². The Morgan fingerprint density at radius 1 is 1.43 bits per heavy atom. The number of rotatable bonds is 6. The fourth-order valence-electron chi connectivity index (χ4n) is 1.55. The maximum atomic E-state index is 12.2. The highest BCUT2D eigenvalue weighted by molar-refractivity contribution is 7.89. The summed E-state index contributed by atoms with van der Waals surface area (Å²) in [4.78, 5) is 14.3. The van der Waals surface area contributed by atoms with Crippen molar-refractivity contribution < 1.29 is 13.3 Å². The number of benzene rings is 1. The number of nitro groups is 1. The molecule has 0 aliphatic rings. The Morgan fingerprint density at radius 2 is 2.19 bits per heavy atom. The molecular weight excluding hydrogens is 318 g/mol. The van der Waals surface area contributed by atoms with Crippen LogP contribution in [0.5, 0.6) is 0 Å². The van der Waals surface area contributed by atoms with Gasteiger partial charge in [0.2, 0.25) is 10.0 Å². The van der Waals surface area contributed by atoms with E-state index in [1.54, 1.807) is 5.51 Å². The van der Waals surface area contributed by atoms with Crippen LogP contribution in [0, 0.1) is 10.1 Å². The van der Waals surface area contributed by atoms with Gasteiger partial charge >= 0.3 is 0 Å². The lowest BCUT2D eigenvalue weighted by molar-refractivity contribution is -0.387. The normalized spacial score (nSPS) is 11.3. The number of nitrogens with zero attached hydrogens (tertiary/aromatic N) is 2. The summed E-state index contributed by atoms with van der Waals surface area (Å²) in [5, 5.41) is 11.0. The van der Waals surface area contributed by atoms with Crippen molar-refractivity contribution in [1.29, 1.82) is 0 Å². The van der Waals surface area contributed by atoms with Crippen molar-refractivity contribution in [2.45, 2.75) is 11.4 Å². The zero-order chi connectivity index (χ0) is 15.5. The fraction of sp³-hybridized carbons (Fsp3) is 0.100. The Balaban J connectivity index is 2.32. The molecule has 1 aromatic carbocycles. The molecule has 0 amide bonds. The molecule has 2 aromatic rings. The lowest BCUT2D eigenvalue weighted by atomic mass is 10.3. The number of nitrogens with two attached hydrogens (primary N) is 1. The van der Waals surface area contributed by atoms with Gasteiger partial charge in [-0.25, -0.2) is 13.1 Å². The van der Waals surface area contributed by atoms with Crippen LogP contribution in [-0.4, -0.2) is 18.3 Å². The van der Waals surface area contributed by atoms with E-state index in [4.69, 9.17) is 5.84 Å². The average molecular weight is 329 g/mol. The lowest BCUT2D eigenvalue weighted by Crippen LogP contribution is -2.23. The van der Waals surface area contributed by atoms with Crippen LogP contribution in [0.25, 0.3) is 0 Å². The standard InChI is InChI=1S/C10H11N5O4S2/c11-14-7-1-2-10(9(3-7)15(16)17)21(18,19)13-5-8-4-12-6-20-8/h1-4,6,13-14H,5,11H2. The van der Waals surface area contributed by atoms with Gasteiger partial charge in [0.25, 0.3) is 5.69 Å². The van der Waals surface area contributed by atoms with E-state index in [0.717, 1.165) is 12.1 Å². The van der Waals surface area contributed by atoms with Gasteiger partial charge < -0.3 is 5.43 Å². The highest BCUT2D eigenvalue weighted by atomic mass is 32.2. The van der Waals surface area contributed by atoms with Crippen LogP contribution in [0.3, 0.4) is 0 Å². The van der Waals surface area contributed by atoms with Gasteiger partial charge in [-0.2, -0.15) is 0 Å². The van der Waals surface area contributed by atoms with Crippen molar-refractivity contribution >= 4 is 32.7 Å². The molecule has 2 rings (SSSR count). The molecule has 0 aliphatic carbocycles. The van der Waals surface area contributed by atoms with Crippen molar-refractivity contribution in [3.8, 4) is 0 Å². The molecule has 4 N–H and O–H groups in total. The summed E-state index contributed by atoms with van der Waals surface area (Å²) in [7, 11) is -4.02. The number of aromatic nitrogens is 1. The number of anilines is 1. The average Bonchev–Trinajstić information content (AvgIpc) is 2.98. The van der Waals surface area contributed by atoms with Crippen LogP contribution < -0.4 is 16.0 Å². The molecule has 1 heterocycles. The van der Waals surface area contributed by atoms with Crippen LogP contribution >= 0.6 is 11.3 Å². The fourth-order valence-corrected chi connectivity index (χ4v) is 3.33. The first-order valence-corrected chi connectivity index (χ1v) is 7.92. The van der Waals surface area contributed by atoms with Gasteiger partial charge in [0.15, 0.2) is 4.90 Å². The lowest BCUT2D eigenvalue weighted by Gasteiger charge is -2.07. The second kappa shape index (κ2) is 6.13. The Labute approximate surface area is 124 Å². The Morgan fingerprint density at radius 3 is 2.76 bits per heavy atom. The van der Waals surface area contributed by atoms with Crippen molar-refractivity contribution in [2.75, 3.05) is 5.43 Å². The summed E-state index contributed by atoms with van der Waals surface area (Å²) < 4.78 is 26.6. The van der Waals surface area contributed by atoms with E-state index in [1.807, 2.05) is 0 Å². The largest absolute Gasteiger partial charge is 0.324 e. The van der Waals surface area contributed by atoms with Gasteiger partial charge in [-0.1, -0.05) is 0 Å². The number of nitrogen functional groups attached to an aromatic ring is 1. The first kappa shape index (κ1) is 15.3. The smallest absolute Gasteiger partial charge is 0.291 e. The highest BCUT2D eigenvalue weighted by Crippen LogP contribution is 2.27. The third kappa shape index (κ3) is 3.52. The maximum Gasteiger partial charge on any atom is 0.291 e. The van der Waals surface area contributed by atoms with Gasteiger partial charge in [-0.15, -0.1) is 11.3 Å². The second-order valence-electron chi connectivity index (χ2n) is 3.88. The van der Waals surface area contributed by atoms with Crippen LogP contribution in [0.15, 0.2) is 34.8 Å². The summed E-state index contributed by atoms with van der Waals surface area (Å²) in [6.45, 7) is 0.0149. The number of thiazole rings is 1. The summed E-state index contributed by atoms with van der Waals surface area (Å²) in [6.07, 6.45) is 1.52. The highest BCUT2D eigenvalue weighted by Gasteiger charge is 2.26. The van der Waals surface area contributed by atoms with Crippen molar-refractivity contribution in [2.24, 2.45) is 5.84 Å². The molecule has 0 radical (unpaired) electrons. The number of nitrogens with one attached hydrogen (secondary N) is 2. The summed E-state index contributed by atoms with van der Waals surface area (Å²) in [5.41, 5.74) is 3.48. The van der Waals surface area contributed by atoms with Crippen molar-refractivity contribution in [3.63, 3.8) is 0 Å². The van der Waals surface area contributed by atoms with Gasteiger partial charge in [0.05, 0.1) is 16.1 Å². The van der Waals surface area contributed by atoms with Crippen LogP contribution in [-0.2, 0) is 16.6 Å². The van der Waals surface area contributed by atoms with Crippen LogP contribution in [0.4, 0.5) is 11.4 Å². The molecular formula is C10H11N5O4S2. The molecule has 11 heteroatoms. The molecule has 21 heavy (non-hydrogen) atoms. The maximum absolute atomic E-state index is 12.2. The number of nitro benzene ring substituents is 1.